The zero-order valence-corrected chi connectivity index (χ0v) is 39.6. The van der Waals surface area contributed by atoms with E-state index in [0.717, 1.165) is 6.42 Å². The summed E-state index contributed by atoms with van der Waals surface area (Å²) in [6, 6.07) is 67.8. The highest BCUT2D eigenvalue weighted by Crippen LogP contribution is 2.56. The van der Waals surface area contributed by atoms with Crippen LogP contribution in [0.4, 0.5) is 34.1 Å². The molecule has 0 spiro atoms. The van der Waals surface area contributed by atoms with Gasteiger partial charge in [0.25, 0.3) is 0 Å². The fourth-order valence-corrected chi connectivity index (χ4v) is 12.5. The second-order valence-electron chi connectivity index (χ2n) is 20.4. The molecular weight excluding hydrogens is 809 g/mol. The van der Waals surface area contributed by atoms with E-state index in [-0.39, 0.29) is 5.41 Å². The summed E-state index contributed by atoms with van der Waals surface area (Å²) in [6.07, 6.45) is 14.3. The lowest BCUT2D eigenvalue weighted by Crippen LogP contribution is -2.18. The molecule has 0 amide bonds. The molecule has 3 aliphatic carbocycles. The lowest BCUT2D eigenvalue weighted by molar-refractivity contribution is 0.443. The van der Waals surface area contributed by atoms with Gasteiger partial charge in [-0.2, -0.15) is 0 Å². The topological polar surface area (TPSA) is 6.48 Å². The molecule has 0 radical (unpaired) electrons. The Morgan fingerprint density at radius 2 is 0.940 bits per heavy atom. The fraction of sp³-hybridized carbons (Fsp3) is 0.262. The molecule has 2 heteroatoms. The number of benzene rings is 9. The van der Waals surface area contributed by atoms with Gasteiger partial charge in [-0.05, 0) is 154 Å². The number of hydrogen-bond acceptors (Lipinski definition) is 2. The first-order valence-corrected chi connectivity index (χ1v) is 25.5. The molecule has 12 rings (SSSR count). The average molecular weight is 871 g/mol. The second kappa shape index (κ2) is 17.2. The van der Waals surface area contributed by atoms with Crippen LogP contribution in [0.3, 0.4) is 0 Å². The highest BCUT2D eigenvalue weighted by atomic mass is 15.2. The SMILES string of the molecule is CCc1ccc2c(N(c3ccc(C4CCCCC4)cc3)c3cccc4ccccc34)cc3c(c2c1)-c1ccc(N(c2ccc(C4CCCCC4)cc2)c2cccc4ccccc24)cc1C3(C)C. The maximum Gasteiger partial charge on any atom is 0.0543 e. The number of anilines is 6. The van der Waals surface area contributed by atoms with Crippen LogP contribution in [0.1, 0.15) is 125 Å². The molecule has 0 atom stereocenters. The van der Waals surface area contributed by atoms with E-state index in [0.29, 0.717) is 11.8 Å². The summed E-state index contributed by atoms with van der Waals surface area (Å²) in [5, 5.41) is 7.63. The van der Waals surface area contributed by atoms with Crippen LogP contribution in [0.15, 0.2) is 176 Å². The number of fused-ring (bicyclic) bond motifs is 7. The monoisotopic (exact) mass is 870 g/mol. The van der Waals surface area contributed by atoms with Gasteiger partial charge in [0.05, 0.1) is 17.1 Å². The van der Waals surface area contributed by atoms with E-state index in [9.17, 15) is 0 Å². The van der Waals surface area contributed by atoms with Crippen molar-refractivity contribution in [3.05, 3.63) is 204 Å². The molecule has 2 fully saturated rings. The summed E-state index contributed by atoms with van der Waals surface area (Å²) in [5.74, 6) is 1.32. The van der Waals surface area contributed by atoms with Crippen LogP contribution in [-0.4, -0.2) is 0 Å². The first-order valence-electron chi connectivity index (χ1n) is 25.5. The van der Waals surface area contributed by atoms with Crippen LogP contribution >= 0.6 is 0 Å². The van der Waals surface area contributed by atoms with E-state index in [1.165, 1.54) is 170 Å². The number of rotatable bonds is 9. The fourth-order valence-electron chi connectivity index (χ4n) is 12.5. The molecule has 0 aromatic heterocycles. The Kier molecular flexibility index (Phi) is 10.7. The Morgan fingerprint density at radius 1 is 0.418 bits per heavy atom. The summed E-state index contributed by atoms with van der Waals surface area (Å²) in [4.78, 5) is 5.09. The van der Waals surface area contributed by atoms with E-state index in [1.54, 1.807) is 0 Å². The molecule has 0 saturated heterocycles. The Bertz CT molecular complexity index is 3260. The molecule has 9 aromatic rings. The molecule has 2 saturated carbocycles. The highest BCUT2D eigenvalue weighted by Gasteiger charge is 2.39. The quantitative estimate of drug-likeness (QED) is 0.143. The Hall–Kier alpha value is -6.64. The average Bonchev–Trinajstić information content (AvgIpc) is 3.62. The van der Waals surface area contributed by atoms with Gasteiger partial charge in [-0.15, -0.1) is 0 Å². The van der Waals surface area contributed by atoms with Crippen molar-refractivity contribution in [2.75, 3.05) is 9.80 Å². The van der Waals surface area contributed by atoms with Crippen molar-refractivity contribution in [1.82, 2.24) is 0 Å². The van der Waals surface area contributed by atoms with Gasteiger partial charge in [0.15, 0.2) is 0 Å². The van der Waals surface area contributed by atoms with Gasteiger partial charge in [-0.3, -0.25) is 0 Å². The number of hydrogen-bond donors (Lipinski definition) is 0. The predicted octanol–water partition coefficient (Wildman–Crippen LogP) is 19.0. The van der Waals surface area contributed by atoms with E-state index >= 15 is 0 Å². The van der Waals surface area contributed by atoms with Crippen LogP contribution < -0.4 is 9.80 Å². The van der Waals surface area contributed by atoms with Gasteiger partial charge in [0.2, 0.25) is 0 Å². The zero-order valence-electron chi connectivity index (χ0n) is 39.6. The third kappa shape index (κ3) is 7.32. The molecule has 0 bridgehead atoms. The molecule has 0 unspecified atom stereocenters. The minimum Gasteiger partial charge on any atom is -0.310 e. The predicted molar refractivity (Wildman–Crippen MR) is 287 cm³/mol. The molecule has 0 N–H and O–H groups in total. The maximum atomic E-state index is 2.57. The van der Waals surface area contributed by atoms with Gasteiger partial charge in [0, 0.05) is 38.6 Å². The molecule has 67 heavy (non-hydrogen) atoms. The minimum absolute atomic E-state index is 0.281. The molecule has 0 aliphatic heterocycles. The van der Waals surface area contributed by atoms with Crippen LogP contribution in [0.25, 0.3) is 43.4 Å². The van der Waals surface area contributed by atoms with E-state index in [4.69, 9.17) is 0 Å². The summed E-state index contributed by atoms with van der Waals surface area (Å²) < 4.78 is 0. The Morgan fingerprint density at radius 3 is 1.52 bits per heavy atom. The van der Waals surface area contributed by atoms with Gasteiger partial charge >= 0.3 is 0 Å². The van der Waals surface area contributed by atoms with Crippen molar-refractivity contribution in [2.24, 2.45) is 0 Å². The molecular formula is C65H62N2. The lowest BCUT2D eigenvalue weighted by Gasteiger charge is -2.31. The van der Waals surface area contributed by atoms with Crippen LogP contribution in [0.5, 0.6) is 0 Å². The summed E-state index contributed by atoms with van der Waals surface area (Å²) in [7, 11) is 0. The third-order valence-corrected chi connectivity index (χ3v) is 16.2. The summed E-state index contributed by atoms with van der Waals surface area (Å²) in [5.41, 5.74) is 16.8. The summed E-state index contributed by atoms with van der Waals surface area (Å²) in [6.45, 7) is 7.21. The van der Waals surface area contributed by atoms with Gasteiger partial charge < -0.3 is 9.80 Å². The van der Waals surface area contributed by atoms with Crippen molar-refractivity contribution in [1.29, 1.82) is 0 Å². The Labute approximate surface area is 397 Å². The standard InChI is InChI=1S/C65H62N2/c1-4-44-29-39-56-58(41-44)64-57-40-38-53(66(61-27-15-23-49-21-11-13-25-54(49)61)51-34-30-47(31-35-51)45-17-7-5-8-18-45)42-59(57)65(2,3)60(64)43-63(56)67(62-28-16-24-50-22-12-14-26-55(50)62)52-36-32-48(33-37-52)46-19-9-6-10-20-46/h11-16,21-43,45-46H,4-10,17-20H2,1-3H3. The van der Waals surface area contributed by atoms with Crippen LogP contribution in [0.2, 0.25) is 0 Å². The second-order valence-corrected chi connectivity index (χ2v) is 20.4. The number of aryl methyl sites for hydroxylation is 1. The molecule has 2 nitrogen and oxygen atoms in total. The molecule has 9 aromatic carbocycles. The Balaban J connectivity index is 1.04. The van der Waals surface area contributed by atoms with Crippen molar-refractivity contribution in [3.8, 4) is 11.1 Å². The maximum absolute atomic E-state index is 2.57. The first kappa shape index (κ1) is 41.8. The lowest BCUT2D eigenvalue weighted by atomic mass is 9.81. The zero-order chi connectivity index (χ0) is 45.1. The largest absolute Gasteiger partial charge is 0.310 e. The molecule has 0 heterocycles. The van der Waals surface area contributed by atoms with Crippen LogP contribution in [0, 0.1) is 0 Å². The number of nitrogens with zero attached hydrogens (tertiary/aromatic N) is 2. The molecule has 3 aliphatic rings. The summed E-state index contributed by atoms with van der Waals surface area (Å²) >= 11 is 0. The minimum atomic E-state index is -0.281. The van der Waals surface area contributed by atoms with Crippen molar-refractivity contribution in [2.45, 2.75) is 109 Å². The van der Waals surface area contributed by atoms with Crippen molar-refractivity contribution in [3.63, 3.8) is 0 Å². The van der Waals surface area contributed by atoms with Gasteiger partial charge in [-0.1, -0.05) is 181 Å². The van der Waals surface area contributed by atoms with Gasteiger partial charge in [0.1, 0.15) is 0 Å². The van der Waals surface area contributed by atoms with Crippen LogP contribution in [-0.2, 0) is 11.8 Å². The van der Waals surface area contributed by atoms with E-state index < -0.39 is 0 Å². The van der Waals surface area contributed by atoms with Crippen molar-refractivity contribution >= 4 is 66.4 Å². The van der Waals surface area contributed by atoms with Crippen molar-refractivity contribution < 1.29 is 0 Å². The van der Waals surface area contributed by atoms with E-state index in [1.807, 2.05) is 0 Å². The first-order chi connectivity index (χ1) is 32.9. The smallest absolute Gasteiger partial charge is 0.0543 e. The third-order valence-electron chi connectivity index (χ3n) is 16.2. The normalized spacial score (nSPS) is 16.0. The van der Waals surface area contributed by atoms with Gasteiger partial charge in [-0.25, -0.2) is 0 Å². The molecule has 332 valence electrons. The highest BCUT2D eigenvalue weighted by molar-refractivity contribution is 6.12. The van der Waals surface area contributed by atoms with E-state index in [2.05, 4.69) is 206 Å².